The Morgan fingerprint density at radius 2 is 1.75 bits per heavy atom. The summed E-state index contributed by atoms with van der Waals surface area (Å²) in [7, 11) is 5.00. The topological polar surface area (TPSA) is 65.1 Å². The molecule has 2 aliphatic rings. The van der Waals surface area contributed by atoms with Gasteiger partial charge in [-0.2, -0.15) is 0 Å². The molecular formula is C18H23NO5. The van der Waals surface area contributed by atoms with Crippen LogP contribution in [0.2, 0.25) is 0 Å². The van der Waals surface area contributed by atoms with E-state index in [2.05, 4.69) is 4.90 Å². The van der Waals surface area contributed by atoms with E-state index < -0.39 is 18.0 Å². The van der Waals surface area contributed by atoms with Gasteiger partial charge in [-0.15, -0.1) is 0 Å². The van der Waals surface area contributed by atoms with Crippen LogP contribution in [-0.4, -0.2) is 62.4 Å². The van der Waals surface area contributed by atoms with E-state index >= 15 is 0 Å². The fourth-order valence-corrected chi connectivity index (χ4v) is 4.03. The van der Waals surface area contributed by atoms with Crippen molar-refractivity contribution in [2.45, 2.75) is 37.1 Å². The smallest absolute Gasteiger partial charge is 0.338 e. The molecule has 1 aromatic rings. The van der Waals surface area contributed by atoms with Crippen molar-refractivity contribution in [3.05, 3.63) is 35.9 Å². The Morgan fingerprint density at radius 3 is 2.38 bits per heavy atom. The SMILES string of the molecule is COC(=O)[C@H]1[C@H]2[C@@H](OC)C[C@@H](C[C@@H]1OC(=O)c1ccccc1)N2C. The van der Waals surface area contributed by atoms with Crippen molar-refractivity contribution in [1.29, 1.82) is 0 Å². The molecule has 6 heteroatoms. The molecule has 0 radical (unpaired) electrons. The number of esters is 2. The van der Waals surface area contributed by atoms with Crippen LogP contribution >= 0.6 is 0 Å². The summed E-state index contributed by atoms with van der Waals surface area (Å²) in [5.74, 6) is -1.32. The molecule has 2 saturated heterocycles. The lowest BCUT2D eigenvalue weighted by Gasteiger charge is -2.41. The minimum Gasteiger partial charge on any atom is -0.469 e. The molecule has 2 fully saturated rings. The second-order valence-electron chi connectivity index (χ2n) is 6.41. The Kier molecular flexibility index (Phi) is 4.87. The van der Waals surface area contributed by atoms with Crippen molar-refractivity contribution in [3.8, 4) is 0 Å². The summed E-state index contributed by atoms with van der Waals surface area (Å²) in [6.07, 6.45) is 0.858. The van der Waals surface area contributed by atoms with Gasteiger partial charge in [0.15, 0.2) is 0 Å². The number of hydrogen-bond donors (Lipinski definition) is 0. The quantitative estimate of drug-likeness (QED) is 0.778. The van der Waals surface area contributed by atoms with Crippen LogP contribution in [0.15, 0.2) is 30.3 Å². The van der Waals surface area contributed by atoms with Crippen LogP contribution in [-0.2, 0) is 19.0 Å². The highest BCUT2D eigenvalue weighted by Gasteiger charge is 2.55. The van der Waals surface area contributed by atoms with E-state index in [0.717, 1.165) is 6.42 Å². The molecular weight excluding hydrogens is 310 g/mol. The molecule has 0 amide bonds. The summed E-state index contributed by atoms with van der Waals surface area (Å²) in [5.41, 5.74) is 0.482. The first-order valence-corrected chi connectivity index (χ1v) is 8.15. The number of rotatable bonds is 4. The summed E-state index contributed by atoms with van der Waals surface area (Å²) in [6.45, 7) is 0. The normalized spacial score (nSPS) is 32.4. The van der Waals surface area contributed by atoms with E-state index in [1.165, 1.54) is 7.11 Å². The average molecular weight is 333 g/mol. The molecule has 3 rings (SSSR count). The van der Waals surface area contributed by atoms with Gasteiger partial charge in [0.1, 0.15) is 12.0 Å². The third kappa shape index (κ3) is 2.91. The van der Waals surface area contributed by atoms with E-state index in [1.54, 1.807) is 31.4 Å². The zero-order valence-corrected chi connectivity index (χ0v) is 14.2. The molecule has 5 atom stereocenters. The van der Waals surface area contributed by atoms with Gasteiger partial charge < -0.3 is 14.2 Å². The summed E-state index contributed by atoms with van der Waals surface area (Å²) >= 11 is 0. The lowest BCUT2D eigenvalue weighted by molar-refractivity contribution is -0.158. The largest absolute Gasteiger partial charge is 0.469 e. The highest BCUT2D eigenvalue weighted by Crippen LogP contribution is 2.41. The van der Waals surface area contributed by atoms with Gasteiger partial charge >= 0.3 is 11.9 Å². The number of ether oxygens (including phenoxy) is 3. The zero-order chi connectivity index (χ0) is 17.3. The fourth-order valence-electron chi connectivity index (χ4n) is 4.03. The monoisotopic (exact) mass is 333 g/mol. The van der Waals surface area contributed by atoms with Gasteiger partial charge in [0.25, 0.3) is 0 Å². The van der Waals surface area contributed by atoms with Crippen LogP contribution in [0.4, 0.5) is 0 Å². The summed E-state index contributed by atoms with van der Waals surface area (Å²) in [5, 5.41) is 0. The molecule has 2 heterocycles. The Balaban J connectivity index is 1.84. The molecule has 0 unspecified atom stereocenters. The summed E-state index contributed by atoms with van der Waals surface area (Å²) in [6, 6.07) is 8.91. The summed E-state index contributed by atoms with van der Waals surface area (Å²) in [4.78, 5) is 27.0. The van der Waals surface area contributed by atoms with Crippen LogP contribution < -0.4 is 0 Å². The number of methoxy groups -OCH3 is 2. The van der Waals surface area contributed by atoms with Gasteiger partial charge in [-0.1, -0.05) is 18.2 Å². The summed E-state index contributed by atoms with van der Waals surface area (Å²) < 4.78 is 16.3. The molecule has 0 aromatic heterocycles. The van der Waals surface area contributed by atoms with Gasteiger partial charge in [-0.05, 0) is 25.6 Å². The minimum atomic E-state index is -0.545. The van der Waals surface area contributed by atoms with E-state index in [-0.39, 0.29) is 24.2 Å². The first-order valence-electron chi connectivity index (χ1n) is 8.15. The molecule has 2 aliphatic heterocycles. The number of hydrogen-bond acceptors (Lipinski definition) is 6. The molecule has 0 aliphatic carbocycles. The maximum atomic E-state index is 12.4. The van der Waals surface area contributed by atoms with Gasteiger partial charge in [0.05, 0.1) is 24.8 Å². The first-order chi connectivity index (χ1) is 11.6. The second kappa shape index (κ2) is 6.91. The Morgan fingerprint density at radius 1 is 1.08 bits per heavy atom. The minimum absolute atomic E-state index is 0.0653. The fraction of sp³-hybridized carbons (Fsp3) is 0.556. The number of carbonyl (C=O) groups is 2. The molecule has 24 heavy (non-hydrogen) atoms. The molecule has 0 saturated carbocycles. The molecule has 130 valence electrons. The highest BCUT2D eigenvalue weighted by atomic mass is 16.6. The van der Waals surface area contributed by atoms with Crippen molar-refractivity contribution in [2.24, 2.45) is 5.92 Å². The standard InChI is InChI=1S/C18H23NO5/c1-19-12-9-13(24-17(20)11-7-5-4-6-8-11)15(18(21)23-3)16(19)14(10-12)22-2/h4-8,12-16H,9-10H2,1-3H3/t12-,13+,14+,15-,16-/m1/s1. The van der Waals surface area contributed by atoms with Crippen LogP contribution in [0.1, 0.15) is 23.2 Å². The van der Waals surface area contributed by atoms with E-state index in [9.17, 15) is 9.59 Å². The zero-order valence-electron chi connectivity index (χ0n) is 14.2. The Hall–Kier alpha value is -1.92. The van der Waals surface area contributed by atoms with Crippen LogP contribution in [0.25, 0.3) is 0 Å². The van der Waals surface area contributed by atoms with Crippen molar-refractivity contribution in [2.75, 3.05) is 21.3 Å². The lowest BCUT2D eigenvalue weighted by Crippen LogP contribution is -2.55. The molecule has 2 bridgehead atoms. The number of benzene rings is 1. The molecule has 6 nitrogen and oxygen atoms in total. The van der Waals surface area contributed by atoms with Crippen molar-refractivity contribution in [1.82, 2.24) is 4.90 Å². The van der Waals surface area contributed by atoms with Crippen LogP contribution in [0.5, 0.6) is 0 Å². The number of nitrogens with zero attached hydrogens (tertiary/aromatic N) is 1. The van der Waals surface area contributed by atoms with E-state index in [1.807, 2.05) is 13.1 Å². The van der Waals surface area contributed by atoms with Crippen LogP contribution in [0, 0.1) is 5.92 Å². The van der Waals surface area contributed by atoms with Gasteiger partial charge in [0, 0.05) is 19.6 Å². The Labute approximate surface area is 141 Å². The lowest BCUT2D eigenvalue weighted by atomic mass is 9.87. The third-order valence-electron chi connectivity index (χ3n) is 5.25. The first kappa shape index (κ1) is 16.9. The molecule has 0 spiro atoms. The Bertz CT molecular complexity index is 605. The van der Waals surface area contributed by atoms with Crippen molar-refractivity contribution in [3.63, 3.8) is 0 Å². The number of likely N-dealkylation sites (N-methyl/N-ethyl adjacent to an activating group) is 1. The molecule has 0 N–H and O–H groups in total. The number of fused-ring (bicyclic) bond motifs is 2. The maximum absolute atomic E-state index is 12.4. The highest BCUT2D eigenvalue weighted by molar-refractivity contribution is 5.89. The van der Waals surface area contributed by atoms with Crippen molar-refractivity contribution < 1.29 is 23.8 Å². The second-order valence-corrected chi connectivity index (χ2v) is 6.41. The van der Waals surface area contributed by atoms with E-state index in [0.29, 0.717) is 12.0 Å². The molecule has 1 aromatic carbocycles. The number of carbonyl (C=O) groups excluding carboxylic acids is 2. The van der Waals surface area contributed by atoms with Crippen LogP contribution in [0.3, 0.4) is 0 Å². The average Bonchev–Trinajstić information content (AvgIpc) is 2.81. The van der Waals surface area contributed by atoms with E-state index in [4.69, 9.17) is 14.2 Å². The van der Waals surface area contributed by atoms with Gasteiger partial charge in [0.2, 0.25) is 0 Å². The predicted octanol–water partition coefficient (Wildman–Crippen LogP) is 1.49. The van der Waals surface area contributed by atoms with Gasteiger partial charge in [-0.25, -0.2) is 4.79 Å². The van der Waals surface area contributed by atoms with Gasteiger partial charge in [-0.3, -0.25) is 9.69 Å². The van der Waals surface area contributed by atoms with Crippen molar-refractivity contribution >= 4 is 11.9 Å². The predicted molar refractivity (Wildman–Crippen MR) is 86.5 cm³/mol. The maximum Gasteiger partial charge on any atom is 0.338 e. The number of piperidine rings is 1. The third-order valence-corrected chi connectivity index (χ3v) is 5.25.